The number of nitrogens with zero attached hydrogens (tertiary/aromatic N) is 4. The molecule has 0 unspecified atom stereocenters. The van der Waals surface area contributed by atoms with Crippen LogP contribution in [0.1, 0.15) is 59.3 Å². The third-order valence-corrected chi connectivity index (χ3v) is 8.45. The molecular formula is C27H43ClN4O4. The highest BCUT2D eigenvalue weighted by atomic mass is 35.5. The number of aromatic nitrogens is 2. The van der Waals surface area contributed by atoms with Crippen LogP contribution >= 0.6 is 11.6 Å². The fourth-order valence-electron chi connectivity index (χ4n) is 5.95. The summed E-state index contributed by atoms with van der Waals surface area (Å²) in [4.78, 5) is 24.5. The molecule has 1 aromatic rings. The Morgan fingerprint density at radius 3 is 1.83 bits per heavy atom. The molecule has 2 N–H and O–H groups in total. The predicted molar refractivity (Wildman–Crippen MR) is 140 cm³/mol. The molecule has 0 radical (unpaired) electrons. The highest BCUT2D eigenvalue weighted by Crippen LogP contribution is 2.48. The van der Waals surface area contributed by atoms with E-state index in [1.54, 1.807) is 12.4 Å². The third-order valence-electron chi connectivity index (χ3n) is 8.26. The van der Waals surface area contributed by atoms with Gasteiger partial charge in [0.25, 0.3) is 0 Å². The highest BCUT2D eigenvalue weighted by molar-refractivity contribution is 6.30. The lowest BCUT2D eigenvalue weighted by molar-refractivity contribution is 0.0172. The maximum Gasteiger partial charge on any atom is 0.410 e. The number of aliphatic hydroxyl groups excluding tert-OH is 2. The van der Waals surface area contributed by atoms with Gasteiger partial charge in [0.2, 0.25) is 5.95 Å². The number of carbonyl (C=O) groups excluding carboxylic acids is 1. The van der Waals surface area contributed by atoms with Crippen molar-refractivity contribution in [2.45, 2.75) is 64.9 Å². The number of anilines is 1. The Hall–Kier alpha value is -1.64. The second-order valence-electron chi connectivity index (χ2n) is 12.0. The van der Waals surface area contributed by atoms with E-state index < -0.39 is 5.60 Å². The number of aliphatic hydroxyl groups is 2. The Morgan fingerprint density at radius 1 is 0.944 bits per heavy atom. The van der Waals surface area contributed by atoms with Crippen LogP contribution in [0.4, 0.5) is 10.7 Å². The maximum atomic E-state index is 11.9. The average Bonchev–Trinajstić information content (AvgIpc) is 3.79. The Kier molecular flexibility index (Phi) is 9.00. The molecule has 0 spiro atoms. The minimum Gasteiger partial charge on any atom is -0.444 e. The van der Waals surface area contributed by atoms with Crippen LogP contribution in [0, 0.1) is 35.5 Å². The van der Waals surface area contributed by atoms with Gasteiger partial charge in [-0.2, -0.15) is 0 Å². The highest BCUT2D eigenvalue weighted by Gasteiger charge is 2.44. The summed E-state index contributed by atoms with van der Waals surface area (Å²) < 4.78 is 5.38. The molecule has 8 nitrogen and oxygen atoms in total. The Balaban J connectivity index is 0.000000169. The van der Waals surface area contributed by atoms with E-state index in [1.165, 1.54) is 25.7 Å². The summed E-state index contributed by atoms with van der Waals surface area (Å²) >= 11 is 5.79. The SMILES string of the molecule is CC(C)(C)OC(=O)N1CCC([C@H]2C[C@H]2CO)CC1.OC[C@@H]1C[C@@H]1C1CCN(c2ncc(Cl)cn2)CC1. The van der Waals surface area contributed by atoms with Gasteiger partial charge in [0.05, 0.1) is 17.4 Å². The Morgan fingerprint density at radius 2 is 1.42 bits per heavy atom. The van der Waals surface area contributed by atoms with Gasteiger partial charge >= 0.3 is 6.09 Å². The molecule has 3 heterocycles. The lowest BCUT2D eigenvalue weighted by atomic mass is 9.91. The van der Waals surface area contributed by atoms with Gasteiger partial charge in [-0.25, -0.2) is 14.8 Å². The first-order chi connectivity index (χ1) is 17.2. The van der Waals surface area contributed by atoms with Gasteiger partial charge in [0.1, 0.15) is 5.60 Å². The largest absolute Gasteiger partial charge is 0.444 e. The summed E-state index contributed by atoms with van der Waals surface area (Å²) in [5.74, 6) is 4.84. The van der Waals surface area contributed by atoms with Crippen molar-refractivity contribution < 1.29 is 19.7 Å². The number of hydrogen-bond donors (Lipinski definition) is 2. The number of likely N-dealkylation sites (tertiary alicyclic amines) is 1. The molecule has 9 heteroatoms. The number of amides is 1. The summed E-state index contributed by atoms with van der Waals surface area (Å²) in [6, 6.07) is 0. The fourth-order valence-corrected chi connectivity index (χ4v) is 6.05. The van der Waals surface area contributed by atoms with Crippen LogP contribution < -0.4 is 4.90 Å². The van der Waals surface area contributed by atoms with Gasteiger partial charge in [-0.05, 0) is 94.8 Å². The molecule has 4 aliphatic rings. The number of halogens is 1. The second-order valence-corrected chi connectivity index (χ2v) is 12.5. The van der Waals surface area contributed by atoms with Gasteiger partial charge in [-0.3, -0.25) is 0 Å². The van der Waals surface area contributed by atoms with E-state index in [0.717, 1.165) is 56.8 Å². The van der Waals surface area contributed by atoms with Gasteiger partial charge in [0.15, 0.2) is 0 Å². The molecule has 2 aliphatic heterocycles. The number of hydrogen-bond acceptors (Lipinski definition) is 7. The molecule has 5 rings (SSSR count). The first-order valence-electron chi connectivity index (χ1n) is 13.6. The van der Waals surface area contributed by atoms with Crippen LogP contribution in [0.15, 0.2) is 12.4 Å². The van der Waals surface area contributed by atoms with Crippen LogP contribution in [0.25, 0.3) is 0 Å². The standard InChI is InChI=1S/C14H25NO3.C13H18ClN3O/c1-14(2,3)18-13(17)15-6-4-10(5-7-15)12-8-11(12)9-16;14-11-6-15-13(16-7-11)17-3-1-9(2-4-17)12-5-10(12)8-18/h10-12,16H,4-9H2,1-3H3;6-7,9-10,12,18H,1-5,8H2/t11-,12+;10-,12+/m00/s1. The lowest BCUT2D eigenvalue weighted by Gasteiger charge is -2.33. The third kappa shape index (κ3) is 7.45. The van der Waals surface area contributed by atoms with Gasteiger partial charge in [0, 0.05) is 39.4 Å². The molecule has 36 heavy (non-hydrogen) atoms. The van der Waals surface area contributed by atoms with Crippen LogP contribution in [0.3, 0.4) is 0 Å². The van der Waals surface area contributed by atoms with Crippen LogP contribution in [0.2, 0.25) is 5.02 Å². The van der Waals surface area contributed by atoms with Gasteiger partial charge in [-0.1, -0.05) is 11.6 Å². The molecule has 4 atom stereocenters. The van der Waals surface area contributed by atoms with E-state index in [0.29, 0.717) is 41.9 Å². The van der Waals surface area contributed by atoms with E-state index in [1.807, 2.05) is 25.7 Å². The first-order valence-corrected chi connectivity index (χ1v) is 14.0. The van der Waals surface area contributed by atoms with Gasteiger partial charge < -0.3 is 24.7 Å². The van der Waals surface area contributed by atoms with Crippen molar-refractivity contribution in [3.63, 3.8) is 0 Å². The maximum absolute atomic E-state index is 11.9. The Bertz CT molecular complexity index is 848. The monoisotopic (exact) mass is 522 g/mol. The molecule has 2 saturated heterocycles. The summed E-state index contributed by atoms with van der Waals surface area (Å²) in [6.45, 7) is 10.0. The zero-order chi connectivity index (χ0) is 25.9. The van der Waals surface area contributed by atoms with E-state index in [9.17, 15) is 4.79 Å². The summed E-state index contributed by atoms with van der Waals surface area (Å²) in [5.41, 5.74) is -0.410. The molecule has 0 bridgehead atoms. The molecule has 4 fully saturated rings. The Labute approximate surface area is 220 Å². The van der Waals surface area contributed by atoms with E-state index >= 15 is 0 Å². The summed E-state index contributed by atoms with van der Waals surface area (Å²) in [7, 11) is 0. The number of ether oxygens (including phenoxy) is 1. The van der Waals surface area contributed by atoms with E-state index in [-0.39, 0.29) is 6.09 Å². The van der Waals surface area contributed by atoms with Crippen molar-refractivity contribution in [1.82, 2.24) is 14.9 Å². The molecule has 2 aliphatic carbocycles. The molecule has 1 aromatic heterocycles. The zero-order valence-corrected chi connectivity index (χ0v) is 22.7. The van der Waals surface area contributed by atoms with E-state index in [4.69, 9.17) is 26.6 Å². The molecular weight excluding hydrogens is 480 g/mol. The minimum atomic E-state index is -0.410. The summed E-state index contributed by atoms with van der Waals surface area (Å²) in [6.07, 6.45) is 10.0. The van der Waals surface area contributed by atoms with Crippen molar-refractivity contribution in [3.8, 4) is 0 Å². The molecule has 2 saturated carbocycles. The smallest absolute Gasteiger partial charge is 0.410 e. The number of carbonyl (C=O) groups is 1. The lowest BCUT2D eigenvalue weighted by Crippen LogP contribution is -2.42. The number of rotatable bonds is 5. The van der Waals surface area contributed by atoms with Crippen LogP contribution in [-0.4, -0.2) is 76.2 Å². The van der Waals surface area contributed by atoms with E-state index in [2.05, 4.69) is 14.9 Å². The van der Waals surface area contributed by atoms with Crippen molar-refractivity contribution in [2.75, 3.05) is 44.3 Å². The van der Waals surface area contributed by atoms with Crippen LogP contribution in [-0.2, 0) is 4.74 Å². The first kappa shape index (κ1) is 27.4. The van der Waals surface area contributed by atoms with Crippen molar-refractivity contribution in [3.05, 3.63) is 17.4 Å². The minimum absolute atomic E-state index is 0.185. The average molecular weight is 523 g/mol. The van der Waals surface area contributed by atoms with Crippen molar-refractivity contribution in [2.24, 2.45) is 35.5 Å². The van der Waals surface area contributed by atoms with Crippen LogP contribution in [0.5, 0.6) is 0 Å². The quantitative estimate of drug-likeness (QED) is 0.596. The van der Waals surface area contributed by atoms with Crippen molar-refractivity contribution >= 4 is 23.6 Å². The van der Waals surface area contributed by atoms with Crippen molar-refractivity contribution in [1.29, 1.82) is 0 Å². The topological polar surface area (TPSA) is 99.0 Å². The normalized spacial score (nSPS) is 28.8. The second kappa shape index (κ2) is 11.8. The molecule has 1 amide bonds. The van der Waals surface area contributed by atoms with Gasteiger partial charge in [-0.15, -0.1) is 0 Å². The predicted octanol–water partition coefficient (Wildman–Crippen LogP) is 4.24. The summed E-state index contributed by atoms with van der Waals surface area (Å²) in [5, 5.41) is 18.8. The molecule has 0 aromatic carbocycles. The zero-order valence-electron chi connectivity index (χ0n) is 22.0. The number of piperidine rings is 2. The molecule has 202 valence electrons. The fraction of sp³-hybridized carbons (Fsp3) is 0.815.